The molecule has 0 amide bonds. The molecule has 19 heavy (non-hydrogen) atoms. The summed E-state index contributed by atoms with van der Waals surface area (Å²) >= 11 is 11.9. The molecule has 1 heterocycles. The fourth-order valence-electron chi connectivity index (χ4n) is 1.74. The maximum Gasteiger partial charge on any atom is 0.189 e. The Morgan fingerprint density at radius 3 is 2.84 bits per heavy atom. The summed E-state index contributed by atoms with van der Waals surface area (Å²) in [4.78, 5) is 16.4. The molecule has 0 aliphatic heterocycles. The van der Waals surface area contributed by atoms with Gasteiger partial charge in [0.25, 0.3) is 0 Å². The summed E-state index contributed by atoms with van der Waals surface area (Å²) in [5, 5.41) is 4.81. The number of carbonyl (C=O) groups excluding carboxylic acids is 1. The number of rotatable bonds is 5. The molecule has 6 heteroatoms. The highest BCUT2D eigenvalue weighted by atomic mass is 35.5. The van der Waals surface area contributed by atoms with E-state index in [1.165, 1.54) is 17.3 Å². The topological polar surface area (TPSA) is 47.8 Å². The first-order chi connectivity index (χ1) is 9.13. The second-order valence-electron chi connectivity index (χ2n) is 3.90. The second-order valence-corrected chi connectivity index (χ2v) is 4.75. The minimum atomic E-state index is -0.501. The summed E-state index contributed by atoms with van der Waals surface area (Å²) in [5.74, 6) is -0.146. The summed E-state index contributed by atoms with van der Waals surface area (Å²) < 4.78 is 1.49. The van der Waals surface area contributed by atoms with Crippen molar-refractivity contribution in [3.05, 3.63) is 59.1 Å². The number of benzene rings is 1. The summed E-state index contributed by atoms with van der Waals surface area (Å²) in [6, 6.07) is 4.29. The van der Waals surface area contributed by atoms with Crippen molar-refractivity contribution in [1.29, 1.82) is 0 Å². The molecule has 1 aromatic heterocycles. The third-order valence-electron chi connectivity index (χ3n) is 2.65. The fraction of sp³-hybridized carbons (Fsp3) is 0.154. The van der Waals surface area contributed by atoms with Gasteiger partial charge in [-0.3, -0.25) is 4.79 Å². The Hall–Kier alpha value is -1.65. The average Bonchev–Trinajstić information content (AvgIpc) is 2.89. The van der Waals surface area contributed by atoms with Gasteiger partial charge < -0.3 is 0 Å². The van der Waals surface area contributed by atoms with Gasteiger partial charge in [0, 0.05) is 10.6 Å². The van der Waals surface area contributed by atoms with Crippen LogP contribution in [0.25, 0.3) is 0 Å². The minimum Gasteiger partial charge on any atom is -0.292 e. The summed E-state index contributed by atoms with van der Waals surface area (Å²) in [6.45, 7) is 3.66. The van der Waals surface area contributed by atoms with Crippen molar-refractivity contribution in [2.24, 2.45) is 0 Å². The molecule has 2 aromatic rings. The molecular weight excluding hydrogens is 285 g/mol. The predicted molar refractivity (Wildman–Crippen MR) is 74.7 cm³/mol. The number of halogens is 2. The van der Waals surface area contributed by atoms with Crippen LogP contribution in [0.5, 0.6) is 0 Å². The molecule has 0 N–H and O–H groups in total. The van der Waals surface area contributed by atoms with Crippen LogP contribution < -0.4 is 0 Å². The van der Waals surface area contributed by atoms with E-state index in [0.29, 0.717) is 22.0 Å². The monoisotopic (exact) mass is 295 g/mol. The molecular formula is C13H11Cl2N3O. The van der Waals surface area contributed by atoms with Gasteiger partial charge in [-0.15, -0.1) is 6.58 Å². The summed E-state index contributed by atoms with van der Waals surface area (Å²) in [5.41, 5.74) is 0.411. The first-order valence-electron chi connectivity index (χ1n) is 5.57. The fourth-order valence-corrected chi connectivity index (χ4v) is 2.24. The van der Waals surface area contributed by atoms with Gasteiger partial charge in [-0.25, -0.2) is 9.67 Å². The second kappa shape index (κ2) is 5.99. The van der Waals surface area contributed by atoms with Crippen molar-refractivity contribution in [2.75, 3.05) is 0 Å². The van der Waals surface area contributed by atoms with Gasteiger partial charge in [0.1, 0.15) is 18.7 Å². The summed E-state index contributed by atoms with van der Waals surface area (Å²) in [6.07, 6.45) is 4.98. The van der Waals surface area contributed by atoms with Gasteiger partial charge in [-0.05, 0) is 24.6 Å². The smallest absolute Gasteiger partial charge is 0.189 e. The molecule has 1 atom stereocenters. The maximum absolute atomic E-state index is 12.5. The van der Waals surface area contributed by atoms with Crippen LogP contribution in [0, 0.1) is 0 Å². The quantitative estimate of drug-likeness (QED) is 0.626. The highest BCUT2D eigenvalue weighted by Gasteiger charge is 2.23. The molecule has 0 bridgehead atoms. The lowest BCUT2D eigenvalue weighted by molar-refractivity contribution is 0.0918. The standard InChI is InChI=1S/C13H11Cl2N3O/c1-2-3-12(18-8-16-7-17-18)13(19)10-5-4-9(14)6-11(10)15/h2,4-8,12H,1,3H2. The Kier molecular flexibility index (Phi) is 4.35. The van der Waals surface area contributed by atoms with Crippen molar-refractivity contribution < 1.29 is 4.79 Å². The van der Waals surface area contributed by atoms with Gasteiger partial charge >= 0.3 is 0 Å². The van der Waals surface area contributed by atoms with E-state index in [1.807, 2.05) is 0 Å². The number of carbonyl (C=O) groups is 1. The Labute approximate surface area is 120 Å². The van der Waals surface area contributed by atoms with E-state index in [2.05, 4.69) is 16.7 Å². The molecule has 0 saturated heterocycles. The van der Waals surface area contributed by atoms with Crippen LogP contribution in [-0.2, 0) is 0 Å². The van der Waals surface area contributed by atoms with E-state index in [0.717, 1.165) is 0 Å². The molecule has 4 nitrogen and oxygen atoms in total. The lowest BCUT2D eigenvalue weighted by Gasteiger charge is -2.14. The molecule has 0 aliphatic rings. The number of ketones is 1. The molecule has 0 aliphatic carbocycles. The molecule has 0 spiro atoms. The lowest BCUT2D eigenvalue weighted by atomic mass is 10.0. The number of Topliss-reactive ketones (excluding diaryl/α,β-unsaturated/α-hetero) is 1. The van der Waals surface area contributed by atoms with Crippen molar-refractivity contribution in [3.63, 3.8) is 0 Å². The van der Waals surface area contributed by atoms with E-state index in [1.54, 1.807) is 24.3 Å². The van der Waals surface area contributed by atoms with Gasteiger partial charge in [-0.1, -0.05) is 29.3 Å². The molecule has 1 unspecified atom stereocenters. The maximum atomic E-state index is 12.5. The zero-order chi connectivity index (χ0) is 13.8. The van der Waals surface area contributed by atoms with E-state index < -0.39 is 6.04 Å². The number of hydrogen-bond donors (Lipinski definition) is 0. The lowest BCUT2D eigenvalue weighted by Crippen LogP contribution is -2.20. The van der Waals surface area contributed by atoms with Crippen LogP contribution in [0.15, 0.2) is 43.5 Å². The minimum absolute atomic E-state index is 0.146. The molecule has 98 valence electrons. The normalized spacial score (nSPS) is 12.1. The Morgan fingerprint density at radius 1 is 1.47 bits per heavy atom. The van der Waals surface area contributed by atoms with Crippen LogP contribution >= 0.6 is 23.2 Å². The van der Waals surface area contributed by atoms with Crippen molar-refractivity contribution in [1.82, 2.24) is 14.8 Å². The van der Waals surface area contributed by atoms with Crippen LogP contribution in [0.3, 0.4) is 0 Å². The number of nitrogens with zero attached hydrogens (tertiary/aromatic N) is 3. The highest BCUT2D eigenvalue weighted by Crippen LogP contribution is 2.26. The first-order valence-corrected chi connectivity index (χ1v) is 6.33. The molecule has 0 radical (unpaired) electrons. The SMILES string of the molecule is C=CCC(C(=O)c1ccc(Cl)cc1Cl)n1cncn1. The van der Waals surface area contributed by atoms with Crippen LogP contribution in [0.4, 0.5) is 0 Å². The largest absolute Gasteiger partial charge is 0.292 e. The third-order valence-corrected chi connectivity index (χ3v) is 3.19. The zero-order valence-corrected chi connectivity index (χ0v) is 11.5. The Morgan fingerprint density at radius 2 is 2.26 bits per heavy atom. The molecule has 2 rings (SSSR count). The van der Waals surface area contributed by atoms with Gasteiger partial charge in [0.15, 0.2) is 5.78 Å². The number of allylic oxidation sites excluding steroid dienone is 1. The van der Waals surface area contributed by atoms with Gasteiger partial charge in [0.2, 0.25) is 0 Å². The highest BCUT2D eigenvalue weighted by molar-refractivity contribution is 6.36. The first kappa shape index (κ1) is 13.8. The molecule has 1 aromatic carbocycles. The molecule has 0 fully saturated rings. The number of hydrogen-bond acceptors (Lipinski definition) is 3. The van der Waals surface area contributed by atoms with Gasteiger partial charge in [-0.2, -0.15) is 5.10 Å². The van der Waals surface area contributed by atoms with Crippen molar-refractivity contribution in [2.45, 2.75) is 12.5 Å². The average molecular weight is 296 g/mol. The van der Waals surface area contributed by atoms with Gasteiger partial charge in [0.05, 0.1) is 5.02 Å². The number of aromatic nitrogens is 3. The van der Waals surface area contributed by atoms with Crippen LogP contribution in [0.1, 0.15) is 22.8 Å². The van der Waals surface area contributed by atoms with E-state index in [9.17, 15) is 4.79 Å². The van der Waals surface area contributed by atoms with E-state index in [-0.39, 0.29) is 5.78 Å². The zero-order valence-electron chi connectivity index (χ0n) is 9.96. The van der Waals surface area contributed by atoms with Crippen molar-refractivity contribution in [3.8, 4) is 0 Å². The molecule has 0 saturated carbocycles. The third kappa shape index (κ3) is 3.03. The van der Waals surface area contributed by atoms with Crippen LogP contribution in [-0.4, -0.2) is 20.5 Å². The Balaban J connectivity index is 2.37. The Bertz CT molecular complexity index is 596. The van der Waals surface area contributed by atoms with Crippen LogP contribution in [0.2, 0.25) is 10.0 Å². The summed E-state index contributed by atoms with van der Waals surface area (Å²) in [7, 11) is 0. The van der Waals surface area contributed by atoms with E-state index >= 15 is 0 Å². The van der Waals surface area contributed by atoms with Crippen molar-refractivity contribution >= 4 is 29.0 Å². The predicted octanol–water partition coefficient (Wildman–Crippen LogP) is 3.59. The van der Waals surface area contributed by atoms with E-state index in [4.69, 9.17) is 23.2 Å².